The normalized spacial score (nSPS) is 23.5. The molecule has 2 heterocycles. The van der Waals surface area contributed by atoms with Gasteiger partial charge in [0.1, 0.15) is 0 Å². The third-order valence-electron chi connectivity index (χ3n) is 3.65. The van der Waals surface area contributed by atoms with E-state index in [4.69, 9.17) is 9.47 Å². The van der Waals surface area contributed by atoms with Gasteiger partial charge in [-0.3, -0.25) is 4.98 Å². The van der Waals surface area contributed by atoms with Gasteiger partial charge in [0.15, 0.2) is 0 Å². The van der Waals surface area contributed by atoms with Crippen molar-refractivity contribution in [3.8, 4) is 0 Å². The minimum atomic E-state index is -3.23. The molecule has 2 rings (SSSR count). The molecule has 1 saturated heterocycles. The van der Waals surface area contributed by atoms with Gasteiger partial charge in [-0.1, -0.05) is 6.07 Å². The second kappa shape index (κ2) is 7.31. The highest BCUT2D eigenvalue weighted by Crippen LogP contribution is 2.26. The van der Waals surface area contributed by atoms with Gasteiger partial charge in [0.25, 0.3) is 0 Å². The SMILES string of the molecule is COCCO[C@@H]1CCN(S(C)(=O)=O)[C@H]1Cc1cccnc1. The molecule has 0 spiro atoms. The largest absolute Gasteiger partial charge is 0.382 e. The third-order valence-corrected chi connectivity index (χ3v) is 4.95. The van der Waals surface area contributed by atoms with Crippen molar-refractivity contribution in [2.24, 2.45) is 0 Å². The molecule has 0 bridgehead atoms. The number of hydrogen-bond donors (Lipinski definition) is 0. The van der Waals surface area contributed by atoms with E-state index in [-0.39, 0.29) is 12.1 Å². The molecule has 0 N–H and O–H groups in total. The van der Waals surface area contributed by atoms with E-state index in [1.54, 1.807) is 19.5 Å². The first-order valence-corrected chi connectivity index (χ1v) is 8.83. The smallest absolute Gasteiger partial charge is 0.211 e. The minimum absolute atomic E-state index is 0.102. The summed E-state index contributed by atoms with van der Waals surface area (Å²) in [4.78, 5) is 4.09. The monoisotopic (exact) mass is 314 g/mol. The van der Waals surface area contributed by atoms with E-state index in [0.29, 0.717) is 32.6 Å². The van der Waals surface area contributed by atoms with Crippen molar-refractivity contribution >= 4 is 10.0 Å². The lowest BCUT2D eigenvalue weighted by molar-refractivity contribution is 0.00640. The van der Waals surface area contributed by atoms with Gasteiger partial charge in [-0.15, -0.1) is 0 Å². The zero-order valence-corrected chi connectivity index (χ0v) is 13.3. The molecule has 0 unspecified atom stereocenters. The lowest BCUT2D eigenvalue weighted by atomic mass is 10.0. The van der Waals surface area contributed by atoms with Crippen LogP contribution in [-0.4, -0.2) is 63.0 Å². The van der Waals surface area contributed by atoms with Crippen LogP contribution in [0, 0.1) is 0 Å². The highest BCUT2D eigenvalue weighted by Gasteiger charge is 2.39. The van der Waals surface area contributed by atoms with E-state index in [1.165, 1.54) is 10.6 Å². The quantitative estimate of drug-likeness (QED) is 0.693. The molecule has 1 aromatic heterocycles. The Morgan fingerprint density at radius 3 is 2.86 bits per heavy atom. The number of methoxy groups -OCH3 is 1. The van der Waals surface area contributed by atoms with Crippen molar-refractivity contribution in [2.45, 2.75) is 25.0 Å². The summed E-state index contributed by atoms with van der Waals surface area (Å²) in [5.41, 5.74) is 1.01. The van der Waals surface area contributed by atoms with Gasteiger partial charge in [0, 0.05) is 26.0 Å². The number of nitrogens with zero attached hydrogens (tertiary/aromatic N) is 2. The Bertz CT molecular complexity index is 535. The average Bonchev–Trinajstić information content (AvgIpc) is 2.83. The molecule has 0 aromatic carbocycles. The fraction of sp³-hybridized carbons (Fsp3) is 0.643. The molecule has 6 nitrogen and oxygen atoms in total. The molecule has 0 radical (unpaired) electrons. The minimum Gasteiger partial charge on any atom is -0.382 e. The summed E-state index contributed by atoms with van der Waals surface area (Å²) < 4.78 is 36.2. The van der Waals surface area contributed by atoms with Crippen molar-refractivity contribution in [3.63, 3.8) is 0 Å². The summed E-state index contributed by atoms with van der Waals surface area (Å²) >= 11 is 0. The lowest BCUT2D eigenvalue weighted by Crippen LogP contribution is -2.41. The Balaban J connectivity index is 2.11. The topological polar surface area (TPSA) is 68.7 Å². The molecule has 2 atom stereocenters. The fourth-order valence-electron chi connectivity index (χ4n) is 2.68. The molecule has 0 aliphatic carbocycles. The Labute approximate surface area is 126 Å². The van der Waals surface area contributed by atoms with Gasteiger partial charge in [-0.25, -0.2) is 8.42 Å². The van der Waals surface area contributed by atoms with Crippen LogP contribution in [0.25, 0.3) is 0 Å². The maximum absolute atomic E-state index is 11.9. The third kappa shape index (κ3) is 4.47. The molecule has 21 heavy (non-hydrogen) atoms. The Morgan fingerprint density at radius 1 is 1.43 bits per heavy atom. The van der Waals surface area contributed by atoms with E-state index >= 15 is 0 Å². The van der Waals surface area contributed by atoms with Crippen LogP contribution in [0.4, 0.5) is 0 Å². The number of pyridine rings is 1. The predicted molar refractivity (Wildman–Crippen MR) is 79.5 cm³/mol. The zero-order valence-electron chi connectivity index (χ0n) is 12.4. The molecule has 1 aliphatic rings. The fourth-order valence-corrected chi connectivity index (χ4v) is 3.82. The molecule has 118 valence electrons. The number of aromatic nitrogens is 1. The summed E-state index contributed by atoms with van der Waals surface area (Å²) in [6.07, 6.45) is 5.94. The molecule has 0 saturated carbocycles. The van der Waals surface area contributed by atoms with Gasteiger partial charge >= 0.3 is 0 Å². The summed E-state index contributed by atoms with van der Waals surface area (Å²) in [6, 6.07) is 3.63. The zero-order chi connectivity index (χ0) is 15.3. The predicted octanol–water partition coefficient (Wildman–Crippen LogP) is 0.690. The van der Waals surface area contributed by atoms with Gasteiger partial charge < -0.3 is 9.47 Å². The van der Waals surface area contributed by atoms with E-state index in [1.807, 2.05) is 12.1 Å². The average molecular weight is 314 g/mol. The van der Waals surface area contributed by atoms with Crippen molar-refractivity contribution in [2.75, 3.05) is 33.1 Å². The first-order valence-electron chi connectivity index (χ1n) is 6.98. The molecule has 1 fully saturated rings. The second-order valence-corrected chi connectivity index (χ2v) is 7.13. The number of ether oxygens (including phenoxy) is 2. The Morgan fingerprint density at radius 2 is 2.24 bits per heavy atom. The van der Waals surface area contributed by atoms with Crippen LogP contribution in [-0.2, 0) is 25.9 Å². The van der Waals surface area contributed by atoms with Crippen molar-refractivity contribution in [1.29, 1.82) is 0 Å². The van der Waals surface area contributed by atoms with E-state index < -0.39 is 10.0 Å². The molecule has 1 aliphatic heterocycles. The van der Waals surface area contributed by atoms with Gasteiger partial charge in [-0.2, -0.15) is 4.31 Å². The van der Waals surface area contributed by atoms with Crippen molar-refractivity contribution in [3.05, 3.63) is 30.1 Å². The Hall–Kier alpha value is -1.02. The van der Waals surface area contributed by atoms with Gasteiger partial charge in [-0.05, 0) is 24.5 Å². The van der Waals surface area contributed by atoms with Crippen LogP contribution in [0.15, 0.2) is 24.5 Å². The van der Waals surface area contributed by atoms with E-state index in [2.05, 4.69) is 4.98 Å². The van der Waals surface area contributed by atoms with Crippen LogP contribution in [0.1, 0.15) is 12.0 Å². The van der Waals surface area contributed by atoms with Crippen molar-refractivity contribution < 1.29 is 17.9 Å². The van der Waals surface area contributed by atoms with Crippen LogP contribution in [0.5, 0.6) is 0 Å². The molecular weight excluding hydrogens is 292 g/mol. The molecule has 0 amide bonds. The second-order valence-electron chi connectivity index (χ2n) is 5.20. The van der Waals surface area contributed by atoms with Crippen LogP contribution >= 0.6 is 0 Å². The van der Waals surface area contributed by atoms with Gasteiger partial charge in [0.05, 0.1) is 31.6 Å². The maximum Gasteiger partial charge on any atom is 0.211 e. The Kier molecular flexibility index (Phi) is 5.69. The molecule has 1 aromatic rings. The van der Waals surface area contributed by atoms with Gasteiger partial charge in [0.2, 0.25) is 10.0 Å². The summed E-state index contributed by atoms with van der Waals surface area (Å²) in [7, 11) is -1.61. The molecular formula is C14H22N2O4S. The van der Waals surface area contributed by atoms with Crippen LogP contribution in [0.2, 0.25) is 0 Å². The summed E-state index contributed by atoms with van der Waals surface area (Å²) in [5, 5.41) is 0. The highest BCUT2D eigenvalue weighted by molar-refractivity contribution is 7.88. The first-order chi connectivity index (χ1) is 10.0. The molecule has 7 heteroatoms. The highest BCUT2D eigenvalue weighted by atomic mass is 32.2. The van der Waals surface area contributed by atoms with Crippen LogP contribution in [0.3, 0.4) is 0 Å². The number of sulfonamides is 1. The number of hydrogen-bond acceptors (Lipinski definition) is 5. The van der Waals surface area contributed by atoms with Crippen LogP contribution < -0.4 is 0 Å². The maximum atomic E-state index is 11.9. The van der Waals surface area contributed by atoms with E-state index in [0.717, 1.165) is 5.56 Å². The van der Waals surface area contributed by atoms with Crippen molar-refractivity contribution in [1.82, 2.24) is 9.29 Å². The first kappa shape index (κ1) is 16.4. The number of rotatable bonds is 7. The van der Waals surface area contributed by atoms with E-state index in [9.17, 15) is 8.42 Å². The summed E-state index contributed by atoms with van der Waals surface area (Å²) in [6.45, 7) is 1.48. The summed E-state index contributed by atoms with van der Waals surface area (Å²) in [5.74, 6) is 0. The lowest BCUT2D eigenvalue weighted by Gasteiger charge is -2.26. The standard InChI is InChI=1S/C14H22N2O4S/c1-19-8-9-20-14-5-7-16(21(2,17)18)13(14)10-12-4-3-6-15-11-12/h3-4,6,11,13-14H,5,7-10H2,1-2H3/t13-,14+/m0/s1.